The Balaban J connectivity index is 1.53. The lowest BCUT2D eigenvalue weighted by Gasteiger charge is -2.33. The van der Waals surface area contributed by atoms with Crippen LogP contribution >= 0.6 is 0 Å². The van der Waals surface area contributed by atoms with Crippen LogP contribution in [0.1, 0.15) is 21.6 Å². The lowest BCUT2D eigenvalue weighted by molar-refractivity contribution is -0.0489. The molecule has 0 atom stereocenters. The third-order valence-corrected chi connectivity index (χ3v) is 5.85. The number of rotatable bonds is 5. The standard InChI is InChI=1S/C23H14B2F4N4O2/c1-32-9-14-12(4-5-18(19(14)31-32)35-22(28)29)11-7-16(26)15(17(27)8-11)10-33-21(34)13-3-2-6-30-20(13)23(33,24)25/h2-9,22H,10H2,1H3. The average Bonchev–Trinajstić information content (AvgIpc) is 3.27. The molecule has 0 saturated heterocycles. The van der Waals surface area contributed by atoms with Crippen LogP contribution in [0.2, 0.25) is 0 Å². The Morgan fingerprint density at radius 3 is 2.49 bits per heavy atom. The van der Waals surface area contributed by atoms with Crippen LogP contribution in [0.15, 0.2) is 48.8 Å². The summed E-state index contributed by atoms with van der Waals surface area (Å²) in [6.45, 7) is -3.60. The Morgan fingerprint density at radius 1 is 1.11 bits per heavy atom. The zero-order valence-electron chi connectivity index (χ0n) is 18.2. The molecule has 5 rings (SSSR count). The van der Waals surface area contributed by atoms with Gasteiger partial charge in [-0.25, -0.2) is 8.78 Å². The molecule has 0 unspecified atom stereocenters. The molecule has 4 aromatic rings. The summed E-state index contributed by atoms with van der Waals surface area (Å²) in [7, 11) is 13.8. The molecule has 2 aromatic carbocycles. The summed E-state index contributed by atoms with van der Waals surface area (Å²) < 4.78 is 61.8. The van der Waals surface area contributed by atoms with Crippen molar-refractivity contribution < 1.29 is 27.1 Å². The molecule has 12 heteroatoms. The van der Waals surface area contributed by atoms with Crippen molar-refractivity contribution in [2.75, 3.05) is 0 Å². The molecule has 1 aliphatic heterocycles. The second kappa shape index (κ2) is 8.14. The van der Waals surface area contributed by atoms with E-state index in [1.165, 1.54) is 41.3 Å². The van der Waals surface area contributed by atoms with E-state index in [4.69, 9.17) is 15.7 Å². The molecule has 1 amide bonds. The van der Waals surface area contributed by atoms with Crippen molar-refractivity contribution in [3.63, 3.8) is 0 Å². The molecule has 0 saturated carbocycles. The summed E-state index contributed by atoms with van der Waals surface area (Å²) in [5, 5.41) is 2.62. The molecule has 4 radical (unpaired) electrons. The number of hydrogen-bond donors (Lipinski definition) is 0. The molecular weight excluding hydrogens is 462 g/mol. The Labute approximate surface area is 199 Å². The highest BCUT2D eigenvalue weighted by molar-refractivity contribution is 6.42. The van der Waals surface area contributed by atoms with Crippen LogP contribution in [0.5, 0.6) is 5.75 Å². The van der Waals surface area contributed by atoms with Crippen molar-refractivity contribution >= 4 is 32.5 Å². The highest BCUT2D eigenvalue weighted by atomic mass is 19.3. The third-order valence-electron chi connectivity index (χ3n) is 5.85. The van der Waals surface area contributed by atoms with Crippen LogP contribution in [0, 0.1) is 11.6 Å². The van der Waals surface area contributed by atoms with E-state index in [9.17, 15) is 13.6 Å². The van der Waals surface area contributed by atoms with Gasteiger partial charge in [0.1, 0.15) is 17.2 Å². The molecule has 6 nitrogen and oxygen atoms in total. The van der Waals surface area contributed by atoms with Crippen molar-refractivity contribution in [1.82, 2.24) is 19.7 Å². The monoisotopic (exact) mass is 476 g/mol. The quantitative estimate of drug-likeness (QED) is 0.327. The Kier molecular flexibility index (Phi) is 5.34. The van der Waals surface area contributed by atoms with Gasteiger partial charge in [-0.15, -0.1) is 0 Å². The van der Waals surface area contributed by atoms with E-state index < -0.39 is 41.6 Å². The minimum absolute atomic E-state index is 0.104. The molecule has 3 heterocycles. The topological polar surface area (TPSA) is 60.3 Å². The number of hydrogen-bond acceptors (Lipinski definition) is 4. The number of fused-ring (bicyclic) bond motifs is 2. The third kappa shape index (κ3) is 3.73. The zero-order valence-corrected chi connectivity index (χ0v) is 18.2. The van der Waals surface area contributed by atoms with Crippen LogP contribution in [0.25, 0.3) is 22.0 Å². The fraction of sp³-hybridized carbons (Fsp3) is 0.174. The normalized spacial score (nSPS) is 14.7. The summed E-state index contributed by atoms with van der Waals surface area (Å²) in [5.74, 6) is -2.66. The Hall–Kier alpha value is -3.82. The number of halogens is 4. The van der Waals surface area contributed by atoms with Crippen LogP contribution in [-0.2, 0) is 18.9 Å². The average molecular weight is 476 g/mol. The van der Waals surface area contributed by atoms with Crippen LogP contribution in [0.3, 0.4) is 0 Å². The number of carbonyl (C=O) groups excluding carboxylic acids is 1. The minimum Gasteiger partial charge on any atom is -0.432 e. The number of benzene rings is 2. The summed E-state index contributed by atoms with van der Waals surface area (Å²) in [5.41, 5.74) is 0.427. The van der Waals surface area contributed by atoms with Gasteiger partial charge in [-0.3, -0.25) is 14.5 Å². The molecule has 0 bridgehead atoms. The van der Waals surface area contributed by atoms with Crippen molar-refractivity contribution in [2.45, 2.75) is 18.5 Å². The maximum Gasteiger partial charge on any atom is 0.387 e. The number of alkyl halides is 2. The van der Waals surface area contributed by atoms with Gasteiger partial charge in [0.2, 0.25) is 0 Å². The van der Waals surface area contributed by atoms with Gasteiger partial charge in [0, 0.05) is 35.7 Å². The number of ether oxygens (including phenoxy) is 1. The smallest absolute Gasteiger partial charge is 0.387 e. The van der Waals surface area contributed by atoms with Crippen LogP contribution in [-0.4, -0.2) is 47.9 Å². The van der Waals surface area contributed by atoms with Crippen molar-refractivity contribution in [1.29, 1.82) is 0 Å². The first-order valence-electron chi connectivity index (χ1n) is 10.3. The van der Waals surface area contributed by atoms with Gasteiger partial charge < -0.3 is 9.64 Å². The zero-order chi connectivity index (χ0) is 25.1. The first kappa shape index (κ1) is 22.9. The fourth-order valence-corrected chi connectivity index (χ4v) is 4.25. The fourth-order valence-electron chi connectivity index (χ4n) is 4.25. The van der Waals surface area contributed by atoms with Crippen molar-refractivity contribution in [3.8, 4) is 16.9 Å². The second-order valence-electron chi connectivity index (χ2n) is 8.09. The van der Waals surface area contributed by atoms with Crippen molar-refractivity contribution in [3.05, 3.63) is 77.2 Å². The maximum atomic E-state index is 15.2. The lowest BCUT2D eigenvalue weighted by Crippen LogP contribution is -2.45. The van der Waals surface area contributed by atoms with Gasteiger partial charge in [0.25, 0.3) is 5.91 Å². The van der Waals surface area contributed by atoms with Gasteiger partial charge in [0.15, 0.2) is 5.75 Å². The van der Waals surface area contributed by atoms with E-state index in [1.807, 2.05) is 0 Å². The maximum absolute atomic E-state index is 15.2. The van der Waals surface area contributed by atoms with Gasteiger partial charge in [-0.05, 0) is 47.5 Å². The lowest BCUT2D eigenvalue weighted by atomic mass is 9.59. The largest absolute Gasteiger partial charge is 0.432 e. The molecule has 0 spiro atoms. The summed E-state index contributed by atoms with van der Waals surface area (Å²) in [6, 6.07) is 7.83. The van der Waals surface area contributed by atoms with E-state index in [0.717, 1.165) is 17.0 Å². The first-order valence-corrected chi connectivity index (χ1v) is 10.3. The molecule has 1 aliphatic rings. The highest BCUT2D eigenvalue weighted by Crippen LogP contribution is 2.38. The van der Waals surface area contributed by atoms with Crippen LogP contribution in [0.4, 0.5) is 17.6 Å². The van der Waals surface area contributed by atoms with Crippen LogP contribution < -0.4 is 4.74 Å². The van der Waals surface area contributed by atoms with E-state index >= 15 is 8.78 Å². The SMILES string of the molecule is [B]C1([B])c2ncccc2C(=O)N1Cc1c(F)cc(-c2ccc(OC(F)F)c3nn(C)cc23)cc1F. The van der Waals surface area contributed by atoms with E-state index in [1.54, 1.807) is 7.05 Å². The Bertz CT molecular complexity index is 1470. The van der Waals surface area contributed by atoms with E-state index in [0.29, 0.717) is 10.9 Å². The number of aromatic nitrogens is 3. The number of pyridine rings is 1. The number of nitrogens with zero attached hydrogens (tertiary/aromatic N) is 4. The highest BCUT2D eigenvalue weighted by Gasteiger charge is 2.43. The molecule has 0 N–H and O–H groups in total. The predicted octanol–water partition coefficient (Wildman–Crippen LogP) is 3.62. The van der Waals surface area contributed by atoms with Gasteiger partial charge in [-0.2, -0.15) is 13.9 Å². The van der Waals surface area contributed by atoms with Crippen molar-refractivity contribution in [2.24, 2.45) is 7.05 Å². The minimum atomic E-state index is -3.06. The molecule has 172 valence electrons. The molecule has 0 aliphatic carbocycles. The summed E-state index contributed by atoms with van der Waals surface area (Å²) >= 11 is 0. The summed E-state index contributed by atoms with van der Waals surface area (Å²) in [4.78, 5) is 17.8. The molecule has 35 heavy (non-hydrogen) atoms. The van der Waals surface area contributed by atoms with Gasteiger partial charge >= 0.3 is 6.61 Å². The van der Waals surface area contributed by atoms with E-state index in [-0.39, 0.29) is 28.1 Å². The molecule has 2 aromatic heterocycles. The van der Waals surface area contributed by atoms with Gasteiger partial charge in [-0.1, -0.05) is 0 Å². The number of carbonyl (C=O) groups is 1. The molecule has 0 fully saturated rings. The van der Waals surface area contributed by atoms with Gasteiger partial charge in [0.05, 0.1) is 33.5 Å². The number of aryl methyl sites for hydroxylation is 1. The summed E-state index contributed by atoms with van der Waals surface area (Å²) in [6.07, 6.45) is 2.94. The Morgan fingerprint density at radius 2 is 1.83 bits per heavy atom. The molecular formula is C23H14B2F4N4O2. The first-order chi connectivity index (χ1) is 16.6. The van der Waals surface area contributed by atoms with E-state index in [2.05, 4.69) is 14.8 Å². The second-order valence-corrected chi connectivity index (χ2v) is 8.09. The number of amides is 1. The predicted molar refractivity (Wildman–Crippen MR) is 120 cm³/mol.